The third-order valence-corrected chi connectivity index (χ3v) is 4.24. The molecule has 0 spiro atoms. The molecule has 1 heterocycles. The van der Waals surface area contributed by atoms with Crippen LogP contribution in [0.2, 0.25) is 0 Å². The number of hydrogen-bond donors (Lipinski definition) is 2. The molecular weight excluding hydrogens is 340 g/mol. The van der Waals surface area contributed by atoms with Gasteiger partial charge in [0.25, 0.3) is 5.91 Å². The van der Waals surface area contributed by atoms with Crippen LogP contribution >= 0.6 is 0 Å². The van der Waals surface area contributed by atoms with Crippen molar-refractivity contribution in [1.29, 1.82) is 0 Å². The van der Waals surface area contributed by atoms with Crippen LogP contribution < -0.4 is 10.1 Å². The summed E-state index contributed by atoms with van der Waals surface area (Å²) in [5, 5.41) is 12.8. The first-order chi connectivity index (χ1) is 13.0. The molecule has 2 aromatic carbocycles. The van der Waals surface area contributed by atoms with Gasteiger partial charge in [-0.2, -0.15) is 0 Å². The molecule has 140 valence electrons. The normalized spacial score (nSPS) is 12.0. The summed E-state index contributed by atoms with van der Waals surface area (Å²) in [6.07, 6.45) is -0.591. The standard InChI is InChI=1S/C22H24N2O3/c1-4-27-21-12-20(16-7-5-14(2)6-8-16)24-19-10-9-17(11-18(19)21)22(26)23-13-15(3)25/h5-12,15,25H,4,13H2,1-3H3,(H,23,26)/t15-/m1/s1. The van der Waals surface area contributed by atoms with E-state index in [-0.39, 0.29) is 12.5 Å². The number of aryl methyl sites for hydroxylation is 1. The van der Waals surface area contributed by atoms with Gasteiger partial charge in [-0.25, -0.2) is 4.98 Å². The summed E-state index contributed by atoms with van der Waals surface area (Å²) in [4.78, 5) is 17.0. The van der Waals surface area contributed by atoms with Crippen LogP contribution in [0.25, 0.3) is 22.2 Å². The highest BCUT2D eigenvalue weighted by atomic mass is 16.5. The molecule has 0 radical (unpaired) electrons. The van der Waals surface area contributed by atoms with Crippen LogP contribution in [-0.2, 0) is 0 Å². The van der Waals surface area contributed by atoms with Gasteiger partial charge in [0.1, 0.15) is 5.75 Å². The minimum Gasteiger partial charge on any atom is -0.493 e. The first kappa shape index (κ1) is 18.9. The summed E-state index contributed by atoms with van der Waals surface area (Å²) >= 11 is 0. The van der Waals surface area contributed by atoms with Crippen LogP contribution in [0.15, 0.2) is 48.5 Å². The van der Waals surface area contributed by atoms with E-state index >= 15 is 0 Å². The minimum absolute atomic E-state index is 0.208. The first-order valence-electron chi connectivity index (χ1n) is 9.09. The fourth-order valence-electron chi connectivity index (χ4n) is 2.83. The van der Waals surface area contributed by atoms with Crippen LogP contribution in [0.4, 0.5) is 0 Å². The van der Waals surface area contributed by atoms with Gasteiger partial charge in [-0.1, -0.05) is 29.8 Å². The molecule has 0 bridgehead atoms. The number of carbonyl (C=O) groups excluding carboxylic acids is 1. The zero-order valence-corrected chi connectivity index (χ0v) is 15.8. The van der Waals surface area contributed by atoms with Crippen molar-refractivity contribution in [3.63, 3.8) is 0 Å². The predicted molar refractivity (Wildman–Crippen MR) is 107 cm³/mol. The van der Waals surface area contributed by atoms with E-state index in [1.165, 1.54) is 5.56 Å². The quantitative estimate of drug-likeness (QED) is 0.699. The Morgan fingerprint density at radius 1 is 1.19 bits per heavy atom. The Morgan fingerprint density at radius 2 is 1.93 bits per heavy atom. The monoisotopic (exact) mass is 364 g/mol. The molecule has 27 heavy (non-hydrogen) atoms. The highest BCUT2D eigenvalue weighted by Crippen LogP contribution is 2.31. The van der Waals surface area contributed by atoms with Crippen molar-refractivity contribution in [3.05, 3.63) is 59.7 Å². The van der Waals surface area contributed by atoms with Crippen molar-refractivity contribution in [2.75, 3.05) is 13.2 Å². The average molecular weight is 364 g/mol. The predicted octanol–water partition coefficient (Wildman–Crippen LogP) is 3.72. The number of nitrogens with one attached hydrogen (secondary N) is 1. The van der Waals surface area contributed by atoms with E-state index in [9.17, 15) is 9.90 Å². The van der Waals surface area contributed by atoms with Gasteiger partial charge in [-0.3, -0.25) is 4.79 Å². The van der Waals surface area contributed by atoms with Crippen LogP contribution in [0.1, 0.15) is 29.8 Å². The smallest absolute Gasteiger partial charge is 0.251 e. The van der Waals surface area contributed by atoms with Crippen molar-refractivity contribution in [2.24, 2.45) is 0 Å². The van der Waals surface area contributed by atoms with Crippen molar-refractivity contribution in [2.45, 2.75) is 26.9 Å². The lowest BCUT2D eigenvalue weighted by atomic mass is 10.1. The van der Waals surface area contributed by atoms with Crippen molar-refractivity contribution in [1.82, 2.24) is 10.3 Å². The number of carbonyl (C=O) groups is 1. The number of pyridine rings is 1. The van der Waals surface area contributed by atoms with Gasteiger partial charge in [-0.05, 0) is 39.0 Å². The Kier molecular flexibility index (Phi) is 5.72. The topological polar surface area (TPSA) is 71.5 Å². The molecule has 0 aliphatic rings. The zero-order chi connectivity index (χ0) is 19.4. The summed E-state index contributed by atoms with van der Waals surface area (Å²) in [5.41, 5.74) is 4.31. The molecule has 0 fully saturated rings. The van der Waals surface area contributed by atoms with E-state index in [0.717, 1.165) is 22.2 Å². The number of aromatic nitrogens is 1. The summed E-state index contributed by atoms with van der Waals surface area (Å²) < 4.78 is 5.83. The number of aliphatic hydroxyl groups excluding tert-OH is 1. The lowest BCUT2D eigenvalue weighted by Gasteiger charge is -2.12. The third kappa shape index (κ3) is 4.44. The highest BCUT2D eigenvalue weighted by molar-refractivity contribution is 5.99. The lowest BCUT2D eigenvalue weighted by molar-refractivity contribution is 0.0924. The molecule has 2 N–H and O–H groups in total. The Hall–Kier alpha value is -2.92. The van der Waals surface area contributed by atoms with Crippen LogP contribution in [0.5, 0.6) is 5.75 Å². The van der Waals surface area contributed by atoms with E-state index in [1.54, 1.807) is 19.1 Å². The lowest BCUT2D eigenvalue weighted by Crippen LogP contribution is -2.30. The molecule has 0 aliphatic heterocycles. The number of nitrogens with zero attached hydrogens (tertiary/aromatic N) is 1. The number of rotatable bonds is 6. The second kappa shape index (κ2) is 8.18. The minimum atomic E-state index is -0.591. The molecule has 0 saturated carbocycles. The van der Waals surface area contributed by atoms with Gasteiger partial charge in [0.2, 0.25) is 0 Å². The van der Waals surface area contributed by atoms with Crippen molar-refractivity contribution in [3.8, 4) is 17.0 Å². The van der Waals surface area contributed by atoms with Crippen LogP contribution in [-0.4, -0.2) is 35.3 Å². The van der Waals surface area contributed by atoms with E-state index in [1.807, 2.05) is 38.1 Å². The fourth-order valence-corrected chi connectivity index (χ4v) is 2.83. The van der Waals surface area contributed by atoms with E-state index in [2.05, 4.69) is 17.4 Å². The largest absolute Gasteiger partial charge is 0.493 e. The SMILES string of the molecule is CCOc1cc(-c2ccc(C)cc2)nc2ccc(C(=O)NC[C@@H](C)O)cc12. The molecule has 1 aromatic heterocycles. The van der Waals surface area contributed by atoms with Gasteiger partial charge in [0.15, 0.2) is 0 Å². The molecule has 0 saturated heterocycles. The second-order valence-corrected chi connectivity index (χ2v) is 6.60. The highest BCUT2D eigenvalue weighted by Gasteiger charge is 2.13. The average Bonchev–Trinajstić information content (AvgIpc) is 2.66. The van der Waals surface area contributed by atoms with E-state index in [0.29, 0.717) is 17.9 Å². The third-order valence-electron chi connectivity index (χ3n) is 4.24. The number of benzene rings is 2. The molecule has 0 unspecified atom stereocenters. The first-order valence-corrected chi connectivity index (χ1v) is 9.09. The Labute approximate surface area is 159 Å². The van der Waals surface area contributed by atoms with E-state index < -0.39 is 6.10 Å². The molecule has 5 heteroatoms. The molecule has 1 amide bonds. The Bertz CT molecular complexity index is 950. The molecule has 3 rings (SSSR count). The molecule has 0 aliphatic carbocycles. The maximum Gasteiger partial charge on any atom is 0.251 e. The van der Waals surface area contributed by atoms with Crippen molar-refractivity contribution >= 4 is 16.8 Å². The zero-order valence-electron chi connectivity index (χ0n) is 15.8. The van der Waals surface area contributed by atoms with Crippen LogP contribution in [0, 0.1) is 6.92 Å². The molecular formula is C22H24N2O3. The second-order valence-electron chi connectivity index (χ2n) is 6.60. The summed E-state index contributed by atoms with van der Waals surface area (Å²) in [5.74, 6) is 0.464. The van der Waals surface area contributed by atoms with Crippen molar-refractivity contribution < 1.29 is 14.6 Å². The Balaban J connectivity index is 2.03. The van der Waals surface area contributed by atoms with E-state index in [4.69, 9.17) is 9.72 Å². The molecule has 5 nitrogen and oxygen atoms in total. The summed E-state index contributed by atoms with van der Waals surface area (Å²) in [6, 6.07) is 15.4. The Morgan fingerprint density at radius 3 is 2.59 bits per heavy atom. The number of hydrogen-bond acceptors (Lipinski definition) is 4. The number of aliphatic hydroxyl groups is 1. The van der Waals surface area contributed by atoms with Crippen LogP contribution in [0.3, 0.4) is 0 Å². The van der Waals surface area contributed by atoms with Gasteiger partial charge in [0.05, 0.1) is 23.9 Å². The maximum absolute atomic E-state index is 12.3. The molecule has 1 atom stereocenters. The van der Waals surface area contributed by atoms with Gasteiger partial charge < -0.3 is 15.2 Å². The summed E-state index contributed by atoms with van der Waals surface area (Å²) in [6.45, 7) is 6.33. The van der Waals surface area contributed by atoms with Gasteiger partial charge >= 0.3 is 0 Å². The number of fused-ring (bicyclic) bond motifs is 1. The maximum atomic E-state index is 12.3. The van der Waals surface area contributed by atoms with Gasteiger partial charge in [-0.15, -0.1) is 0 Å². The molecule has 3 aromatic rings. The number of ether oxygens (including phenoxy) is 1. The van der Waals surface area contributed by atoms with Gasteiger partial charge in [0, 0.05) is 29.1 Å². The number of amides is 1. The fraction of sp³-hybridized carbons (Fsp3) is 0.273. The summed E-state index contributed by atoms with van der Waals surface area (Å²) in [7, 11) is 0.